The quantitative estimate of drug-likeness (QED) is 0.0642. The first kappa shape index (κ1) is 32.3. The molecule has 2 aromatic carbocycles. The maximum absolute atomic E-state index is 13.9. The zero-order valence-corrected chi connectivity index (χ0v) is 26.4. The second kappa shape index (κ2) is 12.5. The van der Waals surface area contributed by atoms with E-state index < -0.39 is 30.6 Å². The number of hydrogen-bond acceptors (Lipinski definition) is 8. The van der Waals surface area contributed by atoms with Crippen LogP contribution in [0.5, 0.6) is 0 Å². The molecular weight excluding hydrogens is 592 g/mol. The van der Waals surface area contributed by atoms with Crippen LogP contribution in [0.1, 0.15) is 24.0 Å². The molecule has 5 rings (SSSR count). The number of nitrogens with zero attached hydrogens (tertiary/aromatic N) is 4. The topological polar surface area (TPSA) is 189 Å². The third-order valence-electron chi connectivity index (χ3n) is 7.01. The van der Waals surface area contributed by atoms with E-state index in [1.165, 1.54) is 18.2 Å². The number of unbranched alkanes of at least 4 members (excludes halogenated alkanes) is 1. The van der Waals surface area contributed by atoms with Crippen molar-refractivity contribution in [2.24, 2.45) is 14.1 Å². The molecule has 1 atom stereocenters. The van der Waals surface area contributed by atoms with Gasteiger partial charge in [0.15, 0.2) is 0 Å². The van der Waals surface area contributed by atoms with Gasteiger partial charge in [0.1, 0.15) is 0 Å². The average Bonchev–Trinajstić information content (AvgIpc) is 3.53. The van der Waals surface area contributed by atoms with Crippen LogP contribution >= 0.6 is 7.82 Å². The number of nitro groups is 1. The van der Waals surface area contributed by atoms with Crippen molar-refractivity contribution >= 4 is 64.3 Å². The van der Waals surface area contributed by atoms with E-state index in [2.05, 4.69) is 9.84 Å². The van der Waals surface area contributed by atoms with E-state index >= 15 is 0 Å². The Morgan fingerprint density at radius 2 is 1.56 bits per heavy atom. The number of hydrogen-bond donors (Lipinski definition) is 2. The Labute approximate surface area is 266 Å². The smallest absolute Gasteiger partial charge is 0.756 e. The summed E-state index contributed by atoms with van der Waals surface area (Å²) >= 11 is 0. The zero-order chi connectivity index (χ0) is 30.3. The molecule has 0 saturated heterocycles. The van der Waals surface area contributed by atoms with E-state index in [9.17, 15) is 34.0 Å². The molecule has 1 aliphatic rings. The van der Waals surface area contributed by atoms with E-state index in [0.717, 1.165) is 5.52 Å². The van der Waals surface area contributed by atoms with Gasteiger partial charge in [-0.3, -0.25) is 24.3 Å². The van der Waals surface area contributed by atoms with E-state index in [0.29, 0.717) is 32.3 Å². The van der Waals surface area contributed by atoms with Crippen molar-refractivity contribution in [3.63, 3.8) is 0 Å². The van der Waals surface area contributed by atoms with Gasteiger partial charge in [-0.15, -0.1) is 0 Å². The number of rotatable bonds is 9. The van der Waals surface area contributed by atoms with Gasteiger partial charge in [-0.2, -0.15) is 4.90 Å². The van der Waals surface area contributed by atoms with Crippen LogP contribution in [0.3, 0.4) is 0 Å². The van der Waals surface area contributed by atoms with E-state index in [1.54, 1.807) is 47.8 Å². The number of carbonyl (C=O) groups excluding carboxylic acids is 3. The van der Waals surface area contributed by atoms with Gasteiger partial charge in [-0.1, -0.05) is 18.2 Å². The number of fused-ring (bicyclic) bond motifs is 2. The van der Waals surface area contributed by atoms with Gasteiger partial charge in [-0.25, -0.2) is 4.79 Å². The fourth-order valence-electron chi connectivity index (χ4n) is 5.12. The summed E-state index contributed by atoms with van der Waals surface area (Å²) in [5, 5.41) is 15.0. The number of carbonyl (C=O) groups is 3. The van der Waals surface area contributed by atoms with Gasteiger partial charge in [0.25, 0.3) is 25.3 Å². The van der Waals surface area contributed by atoms with Crippen molar-refractivity contribution in [1.82, 2.24) is 19.4 Å². The fraction of sp³-hybridized carbons (Fsp3) is 0.222. The number of phosphoric ester groups is 1. The maximum atomic E-state index is 13.9. The molecule has 0 aliphatic carbocycles. The number of urea groups is 1. The molecule has 1 unspecified atom stereocenters. The monoisotopic (exact) mass is 617 g/mol. The van der Waals surface area contributed by atoms with E-state index in [-0.39, 0.29) is 72.4 Å². The molecule has 0 spiro atoms. The van der Waals surface area contributed by atoms with Crippen molar-refractivity contribution < 1.29 is 67.7 Å². The van der Waals surface area contributed by atoms with Crippen LogP contribution in [0, 0.1) is 10.1 Å². The predicted molar refractivity (Wildman–Crippen MR) is 150 cm³/mol. The molecule has 2 aromatic heterocycles. The van der Waals surface area contributed by atoms with Gasteiger partial charge in [0.2, 0.25) is 0 Å². The molecule has 0 saturated carbocycles. The van der Waals surface area contributed by atoms with Crippen LogP contribution in [0.4, 0.5) is 10.5 Å². The summed E-state index contributed by atoms with van der Waals surface area (Å²) in [6.45, 7) is -0.310. The summed E-state index contributed by atoms with van der Waals surface area (Å²) in [4.78, 5) is 71.7. The molecule has 0 fully saturated rings. The number of imide groups is 3. The van der Waals surface area contributed by atoms with Gasteiger partial charge in [-0.05, 0) is 25.0 Å². The molecular formula is C27H25N5NaO9P. The largest absolute Gasteiger partial charge is 1.00 e. The van der Waals surface area contributed by atoms with Crippen molar-refractivity contribution in [2.75, 3.05) is 13.2 Å². The second-order valence-corrected chi connectivity index (χ2v) is 10.9. The molecule has 16 heteroatoms. The molecule has 14 nitrogen and oxygen atoms in total. The van der Waals surface area contributed by atoms with Crippen LogP contribution < -0.4 is 39.8 Å². The third-order valence-corrected chi connectivity index (χ3v) is 7.52. The summed E-state index contributed by atoms with van der Waals surface area (Å²) in [6.07, 6.45) is 3.71. The number of aromatic nitrogens is 2. The molecule has 1 aliphatic heterocycles. The Morgan fingerprint density at radius 1 is 0.977 bits per heavy atom. The van der Waals surface area contributed by atoms with Crippen LogP contribution in [-0.2, 0) is 32.8 Å². The number of benzene rings is 2. The maximum Gasteiger partial charge on any atom is 1.00 e. The normalized spacial score (nSPS) is 14.8. The second-order valence-electron chi connectivity index (χ2n) is 9.72. The summed E-state index contributed by atoms with van der Waals surface area (Å²) in [6, 6.07) is 10.5. The predicted octanol–water partition coefficient (Wildman–Crippen LogP) is -0.171. The van der Waals surface area contributed by atoms with Crippen LogP contribution in [0.15, 0.2) is 54.9 Å². The van der Waals surface area contributed by atoms with Crippen LogP contribution in [-0.4, -0.2) is 54.8 Å². The first-order valence-corrected chi connectivity index (χ1v) is 14.3. The number of phosphoric acid groups is 1. The standard InChI is InChI=1S/C27H26N5O9P.Na/c1-29-14-19(17-7-3-4-8-21(17)29)23-24(20-15-30(2)22-13-16(32(36)37)9-10-18(20)22)26(34)31(25(23)33)27(35)28-11-5-6-12-41-42(38,39)40;/h3-4,7-10,13-15H,5-6,11-12H2,1-2H3,(H,28,35)(H2,38,39,40);/q;+1/p-1. The molecule has 3 heterocycles. The van der Waals surface area contributed by atoms with Crippen LogP contribution in [0.2, 0.25) is 0 Å². The van der Waals surface area contributed by atoms with Crippen molar-refractivity contribution in [2.45, 2.75) is 12.8 Å². The molecule has 218 valence electrons. The SMILES string of the molecule is Cn1cc(C2=C(c3cn(C)c4cc([N+](=O)[O-])ccc34)C(=O)N(C(=O)NCCCCOP(=O)([O-])O)C2=O)c2ccccc21.[Na+]. The molecule has 4 amide bonds. The molecule has 0 bridgehead atoms. The Morgan fingerprint density at radius 3 is 2.16 bits per heavy atom. The van der Waals surface area contributed by atoms with Gasteiger partial charge >= 0.3 is 35.6 Å². The third kappa shape index (κ3) is 6.22. The number of amides is 4. The minimum absolute atomic E-state index is 0. The summed E-state index contributed by atoms with van der Waals surface area (Å²) in [5.41, 5.74) is 1.88. The van der Waals surface area contributed by atoms with E-state index in [1.807, 2.05) is 12.1 Å². The summed E-state index contributed by atoms with van der Waals surface area (Å²) in [5.74, 6) is -1.69. The van der Waals surface area contributed by atoms with Gasteiger partial charge in [0.05, 0.1) is 28.2 Å². The minimum atomic E-state index is -4.86. The van der Waals surface area contributed by atoms with E-state index in [4.69, 9.17) is 4.89 Å². The number of nitro benzene ring substituents is 1. The van der Waals surface area contributed by atoms with Crippen molar-refractivity contribution in [1.29, 1.82) is 0 Å². The number of aryl methyl sites for hydroxylation is 2. The summed E-state index contributed by atoms with van der Waals surface area (Å²) < 4.78 is 18.4. The molecule has 2 N–H and O–H groups in total. The van der Waals surface area contributed by atoms with Crippen molar-refractivity contribution in [3.05, 3.63) is 76.1 Å². The molecule has 0 radical (unpaired) electrons. The fourth-order valence-corrected chi connectivity index (χ4v) is 5.48. The first-order chi connectivity index (χ1) is 19.9. The van der Waals surface area contributed by atoms with Crippen molar-refractivity contribution in [3.8, 4) is 0 Å². The number of non-ortho nitro benzene ring substituents is 1. The van der Waals surface area contributed by atoms with Crippen LogP contribution in [0.25, 0.3) is 33.0 Å². The number of nitrogens with one attached hydrogen (secondary N) is 1. The zero-order valence-electron chi connectivity index (χ0n) is 23.5. The molecule has 43 heavy (non-hydrogen) atoms. The van der Waals surface area contributed by atoms with Gasteiger partial charge in [0, 0.05) is 72.6 Å². The summed E-state index contributed by atoms with van der Waals surface area (Å²) in [7, 11) is -1.41. The Hall–Kier alpha value is -3.62. The van der Waals surface area contributed by atoms with Gasteiger partial charge < -0.3 is 28.8 Å². The number of para-hydroxylation sites is 1. The first-order valence-electron chi connectivity index (χ1n) is 12.8. The molecule has 4 aromatic rings. The Kier molecular flexibility index (Phi) is 9.42. The Bertz CT molecular complexity index is 1870. The Balaban J connectivity index is 0.00000423. The minimum Gasteiger partial charge on any atom is -0.756 e. The average molecular weight is 617 g/mol.